The van der Waals surface area contributed by atoms with Crippen molar-refractivity contribution in [1.29, 1.82) is 0 Å². The number of nitrogens with zero attached hydrogens (tertiary/aromatic N) is 1. The van der Waals surface area contributed by atoms with Gasteiger partial charge in [0.15, 0.2) is 0 Å². The zero-order chi connectivity index (χ0) is 12.4. The lowest BCUT2D eigenvalue weighted by Gasteiger charge is -2.07. The zero-order valence-electron chi connectivity index (χ0n) is 9.60. The minimum Gasteiger partial charge on any atom is -0.355 e. The number of pyridine rings is 1. The maximum absolute atomic E-state index is 13.0. The second kappa shape index (κ2) is 4.45. The Hall–Kier alpha value is -2.42. The van der Waals surface area contributed by atoms with Gasteiger partial charge in [0.1, 0.15) is 0 Å². The van der Waals surface area contributed by atoms with Crippen LogP contribution in [0.3, 0.4) is 0 Å². The van der Waals surface area contributed by atoms with E-state index in [9.17, 15) is 4.39 Å². The first kappa shape index (κ1) is 10.7. The summed E-state index contributed by atoms with van der Waals surface area (Å²) in [6.45, 7) is 0. The molecule has 3 rings (SSSR count). The number of anilines is 2. The summed E-state index contributed by atoms with van der Waals surface area (Å²) in [5.74, 6) is -0.485. The number of aromatic nitrogens is 1. The molecule has 88 valence electrons. The van der Waals surface area contributed by atoms with Gasteiger partial charge in [0.25, 0.3) is 0 Å². The first-order valence-corrected chi connectivity index (χ1v) is 5.69. The molecule has 0 atom stereocenters. The molecule has 0 spiro atoms. The minimum atomic E-state index is -0.485. The van der Waals surface area contributed by atoms with Gasteiger partial charge < -0.3 is 5.32 Å². The Morgan fingerprint density at radius 3 is 2.44 bits per heavy atom. The van der Waals surface area contributed by atoms with Crippen molar-refractivity contribution >= 4 is 22.1 Å². The molecule has 2 nitrogen and oxygen atoms in total. The van der Waals surface area contributed by atoms with Crippen molar-refractivity contribution in [3.05, 3.63) is 66.7 Å². The summed E-state index contributed by atoms with van der Waals surface area (Å²) in [6.07, 6.45) is 1.44. The SMILES string of the molecule is Fc1cc(Nc2ccc3ccccc3c2)ccn1. The van der Waals surface area contributed by atoms with Crippen LogP contribution in [-0.4, -0.2) is 4.98 Å². The second-order valence-electron chi connectivity index (χ2n) is 4.05. The Bertz CT molecular complexity index is 695. The Balaban J connectivity index is 1.95. The number of fused-ring (bicyclic) bond motifs is 1. The van der Waals surface area contributed by atoms with E-state index in [1.54, 1.807) is 6.07 Å². The van der Waals surface area contributed by atoms with Crippen LogP contribution >= 0.6 is 0 Å². The molecular formula is C15H11FN2. The van der Waals surface area contributed by atoms with Crippen molar-refractivity contribution in [1.82, 2.24) is 4.98 Å². The van der Waals surface area contributed by atoms with Crippen molar-refractivity contribution in [2.45, 2.75) is 0 Å². The molecule has 0 unspecified atom stereocenters. The van der Waals surface area contributed by atoms with Crippen LogP contribution in [0.15, 0.2) is 60.8 Å². The van der Waals surface area contributed by atoms with Gasteiger partial charge in [-0.05, 0) is 29.0 Å². The molecule has 0 radical (unpaired) electrons. The molecule has 0 aliphatic heterocycles. The van der Waals surface area contributed by atoms with Crippen LogP contribution in [-0.2, 0) is 0 Å². The highest BCUT2D eigenvalue weighted by molar-refractivity contribution is 5.86. The fraction of sp³-hybridized carbons (Fsp3) is 0. The summed E-state index contributed by atoms with van der Waals surface area (Å²) in [7, 11) is 0. The summed E-state index contributed by atoms with van der Waals surface area (Å²) in [5.41, 5.74) is 1.62. The third-order valence-electron chi connectivity index (χ3n) is 2.76. The monoisotopic (exact) mass is 238 g/mol. The van der Waals surface area contributed by atoms with Crippen molar-refractivity contribution < 1.29 is 4.39 Å². The first-order valence-electron chi connectivity index (χ1n) is 5.69. The molecule has 1 N–H and O–H groups in total. The molecule has 0 amide bonds. The van der Waals surface area contributed by atoms with Crippen molar-refractivity contribution in [2.24, 2.45) is 0 Å². The van der Waals surface area contributed by atoms with Gasteiger partial charge in [0.05, 0.1) is 0 Å². The Morgan fingerprint density at radius 1 is 0.833 bits per heavy atom. The van der Waals surface area contributed by atoms with Gasteiger partial charge in [-0.3, -0.25) is 0 Å². The van der Waals surface area contributed by atoms with Crippen molar-refractivity contribution in [3.63, 3.8) is 0 Å². The lowest BCUT2D eigenvalue weighted by atomic mass is 10.1. The Kier molecular flexibility index (Phi) is 2.65. The van der Waals surface area contributed by atoms with E-state index in [1.165, 1.54) is 17.6 Å². The van der Waals surface area contributed by atoms with E-state index in [4.69, 9.17) is 0 Å². The first-order chi connectivity index (χ1) is 8.81. The minimum absolute atomic E-state index is 0.485. The zero-order valence-corrected chi connectivity index (χ0v) is 9.60. The molecule has 1 aromatic heterocycles. The highest BCUT2D eigenvalue weighted by Gasteiger charge is 1.98. The van der Waals surface area contributed by atoms with Gasteiger partial charge in [0.2, 0.25) is 5.95 Å². The summed E-state index contributed by atoms with van der Waals surface area (Å²) in [4.78, 5) is 3.52. The molecule has 0 saturated heterocycles. The highest BCUT2D eigenvalue weighted by atomic mass is 19.1. The van der Waals surface area contributed by atoms with Gasteiger partial charge >= 0.3 is 0 Å². The lowest BCUT2D eigenvalue weighted by Crippen LogP contribution is -1.92. The summed E-state index contributed by atoms with van der Waals surface area (Å²) in [5, 5.41) is 5.49. The topological polar surface area (TPSA) is 24.9 Å². The van der Waals surface area contributed by atoms with E-state index in [0.29, 0.717) is 5.69 Å². The Labute approximate surface area is 104 Å². The number of hydrogen-bond acceptors (Lipinski definition) is 2. The highest BCUT2D eigenvalue weighted by Crippen LogP contribution is 2.22. The van der Waals surface area contributed by atoms with E-state index >= 15 is 0 Å². The molecule has 0 aliphatic rings. The Morgan fingerprint density at radius 2 is 1.61 bits per heavy atom. The molecular weight excluding hydrogens is 227 g/mol. The maximum Gasteiger partial charge on any atom is 0.214 e. The standard InChI is InChI=1S/C15H11FN2/c16-15-10-14(7-8-17-15)18-13-6-5-11-3-1-2-4-12(11)9-13/h1-10H,(H,17,18). The van der Waals surface area contributed by atoms with Gasteiger partial charge in [-0.15, -0.1) is 0 Å². The third kappa shape index (κ3) is 2.15. The molecule has 3 heteroatoms. The predicted octanol–water partition coefficient (Wildman–Crippen LogP) is 4.12. The maximum atomic E-state index is 13.0. The van der Waals surface area contributed by atoms with Crippen LogP contribution in [0.4, 0.5) is 15.8 Å². The average molecular weight is 238 g/mol. The van der Waals surface area contributed by atoms with E-state index in [-0.39, 0.29) is 0 Å². The second-order valence-corrected chi connectivity index (χ2v) is 4.05. The van der Waals surface area contributed by atoms with Crippen LogP contribution in [0.5, 0.6) is 0 Å². The lowest BCUT2D eigenvalue weighted by molar-refractivity contribution is 0.584. The molecule has 0 aliphatic carbocycles. The van der Waals surface area contributed by atoms with E-state index in [0.717, 1.165) is 11.1 Å². The van der Waals surface area contributed by atoms with Gasteiger partial charge in [-0.1, -0.05) is 30.3 Å². The fourth-order valence-electron chi connectivity index (χ4n) is 1.91. The molecule has 0 fully saturated rings. The van der Waals surface area contributed by atoms with Crippen molar-refractivity contribution in [3.8, 4) is 0 Å². The van der Waals surface area contributed by atoms with E-state index in [1.807, 2.05) is 36.4 Å². The van der Waals surface area contributed by atoms with Gasteiger partial charge in [-0.25, -0.2) is 4.98 Å². The molecule has 0 saturated carbocycles. The van der Waals surface area contributed by atoms with E-state index in [2.05, 4.69) is 16.4 Å². The number of hydrogen-bond donors (Lipinski definition) is 1. The number of halogens is 1. The normalized spacial score (nSPS) is 10.5. The number of nitrogens with one attached hydrogen (secondary N) is 1. The van der Waals surface area contributed by atoms with E-state index < -0.39 is 5.95 Å². The molecule has 3 aromatic rings. The van der Waals surface area contributed by atoms with Crippen LogP contribution in [0, 0.1) is 5.95 Å². The van der Waals surface area contributed by atoms with Crippen molar-refractivity contribution in [2.75, 3.05) is 5.32 Å². The fourth-order valence-corrected chi connectivity index (χ4v) is 1.91. The predicted molar refractivity (Wildman–Crippen MR) is 71.4 cm³/mol. The summed E-state index contributed by atoms with van der Waals surface area (Å²) < 4.78 is 13.0. The molecule has 1 heterocycles. The number of benzene rings is 2. The smallest absolute Gasteiger partial charge is 0.214 e. The third-order valence-corrected chi connectivity index (χ3v) is 2.76. The largest absolute Gasteiger partial charge is 0.355 e. The summed E-state index contributed by atoms with van der Waals surface area (Å²) >= 11 is 0. The molecule has 0 bridgehead atoms. The quantitative estimate of drug-likeness (QED) is 0.679. The van der Waals surface area contributed by atoms with Crippen LogP contribution in [0.1, 0.15) is 0 Å². The van der Waals surface area contributed by atoms with Gasteiger partial charge in [0, 0.05) is 23.6 Å². The number of rotatable bonds is 2. The van der Waals surface area contributed by atoms with Crippen LogP contribution in [0.25, 0.3) is 10.8 Å². The molecule has 2 aromatic carbocycles. The average Bonchev–Trinajstić information content (AvgIpc) is 2.39. The van der Waals surface area contributed by atoms with Gasteiger partial charge in [-0.2, -0.15) is 4.39 Å². The van der Waals surface area contributed by atoms with Crippen LogP contribution in [0.2, 0.25) is 0 Å². The molecule has 18 heavy (non-hydrogen) atoms. The summed E-state index contributed by atoms with van der Waals surface area (Å²) in [6, 6.07) is 17.3. The van der Waals surface area contributed by atoms with Crippen LogP contribution < -0.4 is 5.32 Å².